The third-order valence-electron chi connectivity index (χ3n) is 4.86. The number of hydrogen-bond donors (Lipinski definition) is 2. The smallest absolute Gasteiger partial charge is 0.408 e. The summed E-state index contributed by atoms with van der Waals surface area (Å²) in [6, 6.07) is 17.9. The second-order valence-electron chi connectivity index (χ2n) is 7.19. The Balaban J connectivity index is 1.52. The number of nitrogens with one attached hydrogen (secondary N) is 2. The van der Waals surface area contributed by atoms with Crippen molar-refractivity contribution in [2.75, 3.05) is 13.7 Å². The lowest BCUT2D eigenvalue weighted by atomic mass is 10.1. The number of amides is 2. The van der Waals surface area contributed by atoms with Crippen molar-refractivity contribution >= 4 is 18.0 Å². The fourth-order valence-electron chi connectivity index (χ4n) is 3.08. The summed E-state index contributed by atoms with van der Waals surface area (Å²) in [5.41, 5.74) is 1.75. The highest BCUT2D eigenvalue weighted by molar-refractivity contribution is 5.86. The second-order valence-corrected chi connectivity index (χ2v) is 7.19. The molecule has 8 nitrogen and oxygen atoms in total. The molecule has 1 heterocycles. The fourth-order valence-corrected chi connectivity index (χ4v) is 3.08. The average molecular weight is 426 g/mol. The van der Waals surface area contributed by atoms with Gasteiger partial charge in [-0.05, 0) is 11.1 Å². The Bertz CT molecular complexity index is 874. The molecule has 0 aromatic heterocycles. The Labute approximate surface area is 180 Å². The number of methoxy groups -OCH3 is 1. The van der Waals surface area contributed by atoms with Crippen LogP contribution in [0, 0.1) is 0 Å². The molecule has 0 radical (unpaired) electrons. The van der Waals surface area contributed by atoms with Crippen LogP contribution in [0.2, 0.25) is 0 Å². The Kier molecular flexibility index (Phi) is 8.00. The molecular formula is C23H26N2O6. The van der Waals surface area contributed by atoms with Gasteiger partial charge >= 0.3 is 12.1 Å². The quantitative estimate of drug-likeness (QED) is 0.444. The van der Waals surface area contributed by atoms with Crippen molar-refractivity contribution in [3.8, 4) is 0 Å². The first-order valence-corrected chi connectivity index (χ1v) is 10.1. The molecule has 3 rings (SSSR count). The molecule has 164 valence electrons. The number of epoxide rings is 1. The van der Waals surface area contributed by atoms with E-state index in [9.17, 15) is 14.4 Å². The zero-order valence-corrected chi connectivity index (χ0v) is 17.3. The summed E-state index contributed by atoms with van der Waals surface area (Å²) < 4.78 is 15.2. The van der Waals surface area contributed by atoms with Crippen molar-refractivity contribution in [1.29, 1.82) is 0 Å². The van der Waals surface area contributed by atoms with E-state index in [1.54, 1.807) is 0 Å². The van der Waals surface area contributed by atoms with Crippen molar-refractivity contribution < 1.29 is 28.6 Å². The Morgan fingerprint density at radius 2 is 1.61 bits per heavy atom. The highest BCUT2D eigenvalue weighted by Gasteiger charge is 2.41. The van der Waals surface area contributed by atoms with Gasteiger partial charge in [-0.25, -0.2) is 4.79 Å². The monoisotopic (exact) mass is 426 g/mol. The molecule has 2 aromatic carbocycles. The minimum absolute atomic E-state index is 0.109. The lowest BCUT2D eigenvalue weighted by molar-refractivity contribution is -0.141. The summed E-state index contributed by atoms with van der Waals surface area (Å²) in [5.74, 6) is -0.712. The van der Waals surface area contributed by atoms with Gasteiger partial charge in [0.25, 0.3) is 0 Å². The zero-order chi connectivity index (χ0) is 22.1. The summed E-state index contributed by atoms with van der Waals surface area (Å²) >= 11 is 0. The molecule has 0 unspecified atom stereocenters. The van der Waals surface area contributed by atoms with Gasteiger partial charge in [0.2, 0.25) is 5.91 Å². The zero-order valence-electron chi connectivity index (χ0n) is 17.3. The molecule has 0 bridgehead atoms. The van der Waals surface area contributed by atoms with E-state index in [0.29, 0.717) is 6.42 Å². The Morgan fingerprint density at radius 3 is 2.26 bits per heavy atom. The van der Waals surface area contributed by atoms with Gasteiger partial charge in [-0.3, -0.25) is 9.59 Å². The van der Waals surface area contributed by atoms with E-state index in [1.807, 2.05) is 60.7 Å². The molecule has 0 spiro atoms. The van der Waals surface area contributed by atoms with Gasteiger partial charge in [0.15, 0.2) is 0 Å². The van der Waals surface area contributed by atoms with Crippen LogP contribution in [0.1, 0.15) is 17.5 Å². The first kappa shape index (κ1) is 22.3. The number of hydrogen-bond acceptors (Lipinski definition) is 6. The number of benzene rings is 2. The topological polar surface area (TPSA) is 106 Å². The fraction of sp³-hybridized carbons (Fsp3) is 0.348. The maximum atomic E-state index is 12.7. The molecule has 8 heteroatoms. The van der Waals surface area contributed by atoms with Crippen LogP contribution in [-0.4, -0.2) is 49.9 Å². The minimum Gasteiger partial charge on any atom is -0.469 e. The van der Waals surface area contributed by atoms with E-state index >= 15 is 0 Å². The number of carbonyl (C=O) groups excluding carboxylic acids is 3. The van der Waals surface area contributed by atoms with Crippen LogP contribution < -0.4 is 10.6 Å². The van der Waals surface area contributed by atoms with E-state index in [0.717, 1.165) is 11.1 Å². The maximum absolute atomic E-state index is 12.7. The van der Waals surface area contributed by atoms with E-state index in [2.05, 4.69) is 15.4 Å². The van der Waals surface area contributed by atoms with Crippen LogP contribution in [0.5, 0.6) is 0 Å². The average Bonchev–Trinajstić information content (AvgIpc) is 3.54. The van der Waals surface area contributed by atoms with Gasteiger partial charge < -0.3 is 24.8 Å². The number of esters is 1. The van der Waals surface area contributed by atoms with Crippen LogP contribution in [-0.2, 0) is 36.8 Å². The Morgan fingerprint density at radius 1 is 0.968 bits per heavy atom. The molecule has 0 saturated carbocycles. The van der Waals surface area contributed by atoms with E-state index in [-0.39, 0.29) is 43.7 Å². The van der Waals surface area contributed by atoms with E-state index < -0.39 is 12.1 Å². The van der Waals surface area contributed by atoms with Gasteiger partial charge in [0, 0.05) is 13.0 Å². The first-order chi connectivity index (χ1) is 15.0. The van der Waals surface area contributed by atoms with Crippen LogP contribution in [0.25, 0.3) is 0 Å². The normalized spacial score (nSPS) is 17.8. The van der Waals surface area contributed by atoms with Crippen molar-refractivity contribution in [2.24, 2.45) is 0 Å². The first-order valence-electron chi connectivity index (χ1n) is 10.1. The molecule has 0 aliphatic carbocycles. The SMILES string of the molecule is COC(=O)C[C@@H]1O[C@@H]1CNC(=O)[C@H](Cc1ccccc1)NC(=O)OCc1ccccc1. The molecule has 2 aromatic rings. The molecule has 2 N–H and O–H groups in total. The van der Waals surface area contributed by atoms with Gasteiger partial charge in [-0.2, -0.15) is 0 Å². The van der Waals surface area contributed by atoms with Crippen LogP contribution in [0.3, 0.4) is 0 Å². The predicted molar refractivity (Wildman–Crippen MR) is 112 cm³/mol. The number of alkyl carbamates (subject to hydrolysis) is 1. The summed E-state index contributed by atoms with van der Waals surface area (Å²) in [4.78, 5) is 36.3. The van der Waals surface area contributed by atoms with Crippen LogP contribution in [0.4, 0.5) is 4.79 Å². The van der Waals surface area contributed by atoms with Crippen molar-refractivity contribution in [2.45, 2.75) is 37.7 Å². The molecule has 2 amide bonds. The summed E-state index contributed by atoms with van der Waals surface area (Å²) in [7, 11) is 1.32. The Hall–Kier alpha value is -3.39. The number of rotatable bonds is 10. The maximum Gasteiger partial charge on any atom is 0.408 e. The van der Waals surface area contributed by atoms with Crippen LogP contribution >= 0.6 is 0 Å². The van der Waals surface area contributed by atoms with Crippen molar-refractivity contribution in [3.05, 3.63) is 71.8 Å². The molecule has 1 aliphatic rings. The molecule has 1 saturated heterocycles. The third kappa shape index (κ3) is 7.42. The van der Waals surface area contributed by atoms with Gasteiger partial charge in [0.1, 0.15) is 18.8 Å². The molecular weight excluding hydrogens is 400 g/mol. The number of ether oxygens (including phenoxy) is 3. The minimum atomic E-state index is -0.816. The largest absolute Gasteiger partial charge is 0.469 e. The van der Waals surface area contributed by atoms with Crippen LogP contribution in [0.15, 0.2) is 60.7 Å². The van der Waals surface area contributed by atoms with E-state index in [1.165, 1.54) is 7.11 Å². The lowest BCUT2D eigenvalue weighted by Gasteiger charge is -2.18. The molecule has 1 aliphatic heterocycles. The van der Waals surface area contributed by atoms with Gasteiger partial charge in [0.05, 0.1) is 19.6 Å². The third-order valence-corrected chi connectivity index (χ3v) is 4.86. The summed E-state index contributed by atoms with van der Waals surface area (Å²) in [6.45, 7) is 0.351. The van der Waals surface area contributed by atoms with Gasteiger partial charge in [-0.15, -0.1) is 0 Å². The molecule has 3 atom stereocenters. The van der Waals surface area contributed by atoms with Crippen molar-refractivity contribution in [3.63, 3.8) is 0 Å². The summed E-state index contributed by atoms with van der Waals surface area (Å²) in [6.07, 6.45) is -0.723. The number of carbonyl (C=O) groups is 3. The van der Waals surface area contributed by atoms with Gasteiger partial charge in [-0.1, -0.05) is 60.7 Å². The highest BCUT2D eigenvalue weighted by atomic mass is 16.6. The van der Waals surface area contributed by atoms with Crippen molar-refractivity contribution in [1.82, 2.24) is 10.6 Å². The lowest BCUT2D eigenvalue weighted by Crippen LogP contribution is -2.49. The second kappa shape index (κ2) is 11.1. The summed E-state index contributed by atoms with van der Waals surface area (Å²) in [5, 5.41) is 5.42. The standard InChI is InChI=1S/C23H26N2O6/c1-29-21(26)13-19-20(31-19)14-24-22(27)18(12-16-8-4-2-5-9-16)25-23(28)30-15-17-10-6-3-7-11-17/h2-11,18-20H,12-15H2,1H3,(H,24,27)(H,25,28)/t18-,19-,20+/m0/s1. The molecule has 1 fully saturated rings. The highest BCUT2D eigenvalue weighted by Crippen LogP contribution is 2.24. The van der Waals surface area contributed by atoms with E-state index in [4.69, 9.17) is 9.47 Å². The molecule has 31 heavy (non-hydrogen) atoms. The predicted octanol–water partition coefficient (Wildman–Crippen LogP) is 1.97.